The molecule has 0 aliphatic rings. The van der Waals surface area contributed by atoms with Crippen LogP contribution in [0.2, 0.25) is 0 Å². The van der Waals surface area contributed by atoms with Gasteiger partial charge in [-0.3, -0.25) is 4.79 Å². The van der Waals surface area contributed by atoms with Crippen LogP contribution in [-0.2, 0) is 17.8 Å². The Labute approximate surface area is 152 Å². The fourth-order valence-electron chi connectivity index (χ4n) is 2.97. The van der Waals surface area contributed by atoms with Crippen LogP contribution in [0.5, 0.6) is 0 Å². The summed E-state index contributed by atoms with van der Waals surface area (Å²) in [6, 6.07) is 14.1. The summed E-state index contributed by atoms with van der Waals surface area (Å²) < 4.78 is 2.00. The predicted molar refractivity (Wildman–Crippen MR) is 105 cm³/mol. The third kappa shape index (κ3) is 3.71. The largest absolute Gasteiger partial charge is 0.324 e. The number of nitrogens with zero attached hydrogens (tertiary/aromatic N) is 2. The van der Waals surface area contributed by atoms with Crippen molar-refractivity contribution in [1.82, 2.24) is 9.55 Å². The van der Waals surface area contributed by atoms with E-state index in [1.165, 1.54) is 0 Å². The fraction of sp³-hybridized carbons (Fsp3) is 0.300. The maximum Gasteiger partial charge on any atom is 0.244 e. The molecule has 0 aliphatic carbocycles. The Kier molecular flexibility index (Phi) is 5.43. The van der Waals surface area contributed by atoms with Crippen LogP contribution in [0.3, 0.4) is 0 Å². The van der Waals surface area contributed by atoms with E-state index in [1.807, 2.05) is 47.9 Å². The van der Waals surface area contributed by atoms with E-state index in [0.29, 0.717) is 0 Å². The maximum atomic E-state index is 12.7. The highest BCUT2D eigenvalue weighted by Gasteiger charge is 2.15. The van der Waals surface area contributed by atoms with Gasteiger partial charge in [-0.05, 0) is 42.4 Å². The number of aryl methyl sites for hydroxylation is 2. The molecule has 0 bridgehead atoms. The first kappa shape index (κ1) is 17.5. The number of hydrogen-bond acceptors (Lipinski definition) is 3. The first-order valence-electron chi connectivity index (χ1n) is 8.60. The Hall–Kier alpha value is -2.27. The predicted octanol–water partition coefficient (Wildman–Crippen LogP) is 4.66. The van der Waals surface area contributed by atoms with Crippen molar-refractivity contribution in [2.45, 2.75) is 38.9 Å². The Bertz CT molecular complexity index is 901. The van der Waals surface area contributed by atoms with Crippen molar-refractivity contribution in [1.29, 1.82) is 0 Å². The van der Waals surface area contributed by atoms with Crippen LogP contribution in [0.25, 0.3) is 11.0 Å². The molecule has 1 N–H and O–H groups in total. The van der Waals surface area contributed by atoms with Crippen LogP contribution in [0, 0.1) is 6.92 Å². The molecule has 0 saturated heterocycles. The highest BCUT2D eigenvalue weighted by atomic mass is 32.2. The molecule has 1 aromatic heterocycles. The Morgan fingerprint density at radius 1 is 1.16 bits per heavy atom. The second-order valence-electron chi connectivity index (χ2n) is 5.91. The number of thioether (sulfide) groups is 1. The highest BCUT2D eigenvalue weighted by molar-refractivity contribution is 7.99. The van der Waals surface area contributed by atoms with Gasteiger partial charge in [-0.25, -0.2) is 4.98 Å². The minimum atomic E-state index is -0.0230. The zero-order valence-corrected chi connectivity index (χ0v) is 15.7. The number of carbonyl (C=O) groups is 1. The van der Waals surface area contributed by atoms with Gasteiger partial charge in [0.15, 0.2) is 5.16 Å². The molecule has 0 unspecified atom stereocenters. The van der Waals surface area contributed by atoms with Gasteiger partial charge in [-0.1, -0.05) is 55.9 Å². The van der Waals surface area contributed by atoms with E-state index in [-0.39, 0.29) is 12.5 Å². The number of anilines is 1. The molecule has 3 aromatic rings. The number of para-hydroxylation sites is 3. The second kappa shape index (κ2) is 7.74. The number of hydrogen-bond donors (Lipinski definition) is 1. The van der Waals surface area contributed by atoms with E-state index in [9.17, 15) is 4.79 Å². The molecule has 0 saturated carbocycles. The summed E-state index contributed by atoms with van der Waals surface area (Å²) in [6.07, 6.45) is 0.891. The summed E-state index contributed by atoms with van der Waals surface area (Å²) in [4.78, 5) is 17.4. The van der Waals surface area contributed by atoms with Crippen LogP contribution < -0.4 is 5.32 Å². The van der Waals surface area contributed by atoms with E-state index in [4.69, 9.17) is 0 Å². The van der Waals surface area contributed by atoms with Crippen LogP contribution in [0.15, 0.2) is 47.6 Å². The summed E-state index contributed by atoms with van der Waals surface area (Å²) >= 11 is 1.66. The molecular weight excluding hydrogens is 330 g/mol. The number of benzene rings is 2. The smallest absolute Gasteiger partial charge is 0.244 e. The van der Waals surface area contributed by atoms with Gasteiger partial charge in [0.1, 0.15) is 6.54 Å². The topological polar surface area (TPSA) is 46.9 Å². The third-order valence-corrected chi connectivity index (χ3v) is 5.06. The molecule has 0 fully saturated rings. The third-order valence-electron chi connectivity index (χ3n) is 4.20. The summed E-state index contributed by atoms with van der Waals surface area (Å²) in [7, 11) is 0. The van der Waals surface area contributed by atoms with Gasteiger partial charge >= 0.3 is 0 Å². The average Bonchev–Trinajstić information content (AvgIpc) is 2.94. The van der Waals surface area contributed by atoms with Gasteiger partial charge in [-0.15, -0.1) is 0 Å². The van der Waals surface area contributed by atoms with E-state index in [1.54, 1.807) is 11.8 Å². The molecule has 1 amide bonds. The van der Waals surface area contributed by atoms with Crippen molar-refractivity contribution < 1.29 is 4.79 Å². The van der Waals surface area contributed by atoms with Crippen LogP contribution in [0.4, 0.5) is 5.69 Å². The van der Waals surface area contributed by atoms with Crippen LogP contribution in [-0.4, -0.2) is 21.2 Å². The summed E-state index contributed by atoms with van der Waals surface area (Å²) in [5.41, 5.74) is 5.10. The quantitative estimate of drug-likeness (QED) is 0.656. The molecule has 0 atom stereocenters. The van der Waals surface area contributed by atoms with Gasteiger partial charge in [-0.2, -0.15) is 0 Å². The minimum Gasteiger partial charge on any atom is -0.324 e. The highest BCUT2D eigenvalue weighted by Crippen LogP contribution is 2.25. The lowest BCUT2D eigenvalue weighted by atomic mass is 10.1. The average molecular weight is 353 g/mol. The summed E-state index contributed by atoms with van der Waals surface area (Å²) in [6.45, 7) is 6.49. The van der Waals surface area contributed by atoms with Crippen molar-refractivity contribution in [2.24, 2.45) is 0 Å². The molecule has 4 nitrogen and oxygen atoms in total. The van der Waals surface area contributed by atoms with E-state index >= 15 is 0 Å². The van der Waals surface area contributed by atoms with Gasteiger partial charge in [0.25, 0.3) is 0 Å². The SMILES string of the molecule is CCSc1nc2ccccc2n1CC(=O)Nc1c(C)cccc1CC. The fourth-order valence-corrected chi connectivity index (χ4v) is 3.71. The van der Waals surface area contributed by atoms with Crippen LogP contribution >= 0.6 is 11.8 Å². The van der Waals surface area contributed by atoms with E-state index in [2.05, 4.69) is 30.2 Å². The minimum absolute atomic E-state index is 0.0230. The Morgan fingerprint density at radius 2 is 1.96 bits per heavy atom. The number of nitrogens with one attached hydrogen (secondary N) is 1. The van der Waals surface area contributed by atoms with Crippen molar-refractivity contribution in [2.75, 3.05) is 11.1 Å². The first-order valence-corrected chi connectivity index (χ1v) is 9.59. The number of imidazole rings is 1. The van der Waals surface area contributed by atoms with Gasteiger partial charge in [0.2, 0.25) is 5.91 Å². The molecular formula is C20H23N3OS. The Morgan fingerprint density at radius 3 is 2.72 bits per heavy atom. The van der Waals surface area contributed by atoms with Crippen molar-refractivity contribution >= 4 is 34.4 Å². The Balaban J connectivity index is 1.89. The van der Waals surface area contributed by atoms with Gasteiger partial charge in [0, 0.05) is 5.69 Å². The zero-order valence-electron chi connectivity index (χ0n) is 14.9. The summed E-state index contributed by atoms with van der Waals surface area (Å²) in [5, 5.41) is 3.99. The number of amides is 1. The van der Waals surface area contributed by atoms with Crippen molar-refractivity contribution in [3.63, 3.8) is 0 Å². The normalized spacial score (nSPS) is 11.0. The zero-order chi connectivity index (χ0) is 17.8. The van der Waals surface area contributed by atoms with Crippen molar-refractivity contribution in [3.05, 3.63) is 53.6 Å². The molecule has 5 heteroatoms. The molecule has 130 valence electrons. The number of carbonyl (C=O) groups excluding carboxylic acids is 1. The standard InChI is InChI=1S/C20H23N3OS/c1-4-15-10-8-9-14(3)19(15)22-18(24)13-23-17-12-7-6-11-16(17)21-20(23)25-5-2/h6-12H,4-5,13H2,1-3H3,(H,22,24). The lowest BCUT2D eigenvalue weighted by molar-refractivity contribution is -0.116. The van der Waals surface area contributed by atoms with Crippen molar-refractivity contribution in [3.8, 4) is 0 Å². The van der Waals surface area contributed by atoms with Gasteiger partial charge < -0.3 is 9.88 Å². The number of rotatable bonds is 6. The molecule has 2 aromatic carbocycles. The molecule has 0 aliphatic heterocycles. The second-order valence-corrected chi connectivity index (χ2v) is 7.14. The summed E-state index contributed by atoms with van der Waals surface area (Å²) in [5.74, 6) is 0.896. The molecule has 0 spiro atoms. The lowest BCUT2D eigenvalue weighted by Gasteiger charge is -2.14. The van der Waals surface area contributed by atoms with E-state index < -0.39 is 0 Å². The monoisotopic (exact) mass is 353 g/mol. The first-order chi connectivity index (χ1) is 12.1. The van der Waals surface area contributed by atoms with Crippen LogP contribution in [0.1, 0.15) is 25.0 Å². The lowest BCUT2D eigenvalue weighted by Crippen LogP contribution is -2.20. The van der Waals surface area contributed by atoms with E-state index in [0.717, 1.165) is 45.2 Å². The maximum absolute atomic E-state index is 12.7. The molecule has 3 rings (SSSR count). The molecule has 0 radical (unpaired) electrons. The van der Waals surface area contributed by atoms with Gasteiger partial charge in [0.05, 0.1) is 11.0 Å². The molecule has 25 heavy (non-hydrogen) atoms. The number of aromatic nitrogens is 2. The molecule has 1 heterocycles. The number of fused-ring (bicyclic) bond motifs is 1.